The smallest absolute Gasteiger partial charge is 0.254 e. The second kappa shape index (κ2) is 10.1. The first-order chi connectivity index (χ1) is 14.1. The third kappa shape index (κ3) is 5.38. The van der Waals surface area contributed by atoms with Crippen molar-refractivity contribution in [1.29, 1.82) is 0 Å². The molecule has 1 amide bonds. The van der Waals surface area contributed by atoms with Gasteiger partial charge in [0.15, 0.2) is 0 Å². The highest BCUT2D eigenvalue weighted by Crippen LogP contribution is 2.16. The summed E-state index contributed by atoms with van der Waals surface area (Å²) in [5.41, 5.74) is 5.81. The van der Waals surface area contributed by atoms with E-state index in [-0.39, 0.29) is 5.91 Å². The summed E-state index contributed by atoms with van der Waals surface area (Å²) in [5.74, 6) is 0.116. The van der Waals surface area contributed by atoms with Gasteiger partial charge in [-0.15, -0.1) is 0 Å². The maximum absolute atomic E-state index is 13.2. The van der Waals surface area contributed by atoms with Gasteiger partial charge in [0.05, 0.1) is 6.54 Å². The molecule has 0 fully saturated rings. The van der Waals surface area contributed by atoms with E-state index in [0.717, 1.165) is 37.9 Å². The largest absolute Gasteiger partial charge is 0.345 e. The summed E-state index contributed by atoms with van der Waals surface area (Å²) in [5, 5.41) is 0. The molecule has 0 radical (unpaired) electrons. The molecule has 0 saturated carbocycles. The average molecular weight is 389 g/mol. The zero-order valence-electron chi connectivity index (χ0n) is 17.9. The number of unbranched alkanes of at least 4 members (excludes halogenated alkanes) is 1. The van der Waals surface area contributed by atoms with E-state index < -0.39 is 0 Å². The molecule has 0 aliphatic rings. The predicted octanol–water partition coefficient (Wildman–Crippen LogP) is 5.85. The minimum atomic E-state index is 0.116. The van der Waals surface area contributed by atoms with Crippen LogP contribution in [-0.4, -0.2) is 21.9 Å². The molecule has 1 heterocycles. The molecule has 3 heteroatoms. The Labute approximate surface area is 175 Å². The van der Waals surface area contributed by atoms with Gasteiger partial charge < -0.3 is 9.47 Å². The van der Waals surface area contributed by atoms with Crippen LogP contribution in [0.4, 0.5) is 0 Å². The van der Waals surface area contributed by atoms with Crippen molar-refractivity contribution in [3.8, 4) is 0 Å². The van der Waals surface area contributed by atoms with Crippen LogP contribution in [0.1, 0.15) is 59.4 Å². The van der Waals surface area contributed by atoms with Gasteiger partial charge >= 0.3 is 0 Å². The van der Waals surface area contributed by atoms with Crippen molar-refractivity contribution in [2.75, 3.05) is 6.54 Å². The standard InChI is InChI=1S/C26H32N2O/c1-4-6-17-28(26(29)23-15-13-22(5-2)14-16-23)20-25-12-9-18-27(25)19-24-11-8-7-10-21(24)3/h7-16,18H,4-6,17,19-20H2,1-3H3. The molecule has 3 rings (SSSR count). The van der Waals surface area contributed by atoms with Crippen LogP contribution in [0, 0.1) is 6.92 Å². The van der Waals surface area contributed by atoms with Crippen molar-refractivity contribution in [2.45, 2.75) is 53.1 Å². The first-order valence-electron chi connectivity index (χ1n) is 10.7. The SMILES string of the molecule is CCCCN(Cc1cccn1Cc1ccccc1C)C(=O)c1ccc(CC)cc1. The molecule has 152 valence electrons. The van der Waals surface area contributed by atoms with Crippen LogP contribution >= 0.6 is 0 Å². The molecule has 29 heavy (non-hydrogen) atoms. The van der Waals surface area contributed by atoms with Crippen LogP contribution in [0.3, 0.4) is 0 Å². The van der Waals surface area contributed by atoms with Gasteiger partial charge in [0, 0.05) is 30.5 Å². The van der Waals surface area contributed by atoms with Crippen molar-refractivity contribution in [3.05, 3.63) is 94.8 Å². The van der Waals surface area contributed by atoms with Crippen molar-refractivity contribution < 1.29 is 4.79 Å². The lowest BCUT2D eigenvalue weighted by atomic mass is 10.1. The van der Waals surface area contributed by atoms with Crippen molar-refractivity contribution in [3.63, 3.8) is 0 Å². The Morgan fingerprint density at radius 3 is 2.41 bits per heavy atom. The molecule has 3 aromatic rings. The van der Waals surface area contributed by atoms with E-state index in [0.29, 0.717) is 6.54 Å². The van der Waals surface area contributed by atoms with Gasteiger partial charge in [-0.1, -0.05) is 56.7 Å². The zero-order valence-corrected chi connectivity index (χ0v) is 17.9. The molecule has 2 aromatic carbocycles. The number of aromatic nitrogens is 1. The molecule has 0 bridgehead atoms. The molecule has 1 aromatic heterocycles. The van der Waals surface area contributed by atoms with Crippen LogP contribution in [0.15, 0.2) is 66.9 Å². The summed E-state index contributed by atoms with van der Waals surface area (Å²) in [7, 11) is 0. The lowest BCUT2D eigenvalue weighted by Crippen LogP contribution is -2.32. The Hall–Kier alpha value is -2.81. The average Bonchev–Trinajstić information content (AvgIpc) is 3.19. The number of carbonyl (C=O) groups is 1. The summed E-state index contributed by atoms with van der Waals surface area (Å²) in [6, 6.07) is 20.7. The van der Waals surface area contributed by atoms with Gasteiger partial charge in [-0.3, -0.25) is 4.79 Å². The fourth-order valence-electron chi connectivity index (χ4n) is 3.58. The molecule has 0 spiro atoms. The Bertz CT molecular complexity index is 924. The topological polar surface area (TPSA) is 25.2 Å². The van der Waals surface area contributed by atoms with Crippen molar-refractivity contribution in [2.24, 2.45) is 0 Å². The minimum Gasteiger partial charge on any atom is -0.345 e. The van der Waals surface area contributed by atoms with E-state index in [2.05, 4.69) is 80.1 Å². The van der Waals surface area contributed by atoms with Gasteiger partial charge in [-0.2, -0.15) is 0 Å². The number of hydrogen-bond donors (Lipinski definition) is 0. The summed E-state index contributed by atoms with van der Waals surface area (Å²) < 4.78 is 2.26. The summed E-state index contributed by atoms with van der Waals surface area (Å²) in [4.78, 5) is 15.2. The molecule has 0 aliphatic carbocycles. The second-order valence-electron chi connectivity index (χ2n) is 7.68. The van der Waals surface area contributed by atoms with E-state index in [1.54, 1.807) is 0 Å². The normalized spacial score (nSPS) is 10.9. The minimum absolute atomic E-state index is 0.116. The number of nitrogens with zero attached hydrogens (tertiary/aromatic N) is 2. The van der Waals surface area contributed by atoms with Gasteiger partial charge in [0.2, 0.25) is 0 Å². The maximum atomic E-state index is 13.2. The predicted molar refractivity (Wildman–Crippen MR) is 120 cm³/mol. The Balaban J connectivity index is 1.79. The van der Waals surface area contributed by atoms with E-state index in [1.165, 1.54) is 22.4 Å². The lowest BCUT2D eigenvalue weighted by molar-refractivity contribution is 0.0737. The van der Waals surface area contributed by atoms with Gasteiger partial charge in [0.25, 0.3) is 5.91 Å². The van der Waals surface area contributed by atoms with Crippen LogP contribution in [0.2, 0.25) is 0 Å². The zero-order chi connectivity index (χ0) is 20.6. The van der Waals surface area contributed by atoms with Gasteiger partial charge in [-0.25, -0.2) is 0 Å². The molecule has 0 saturated heterocycles. The fourth-order valence-corrected chi connectivity index (χ4v) is 3.58. The molecule has 0 N–H and O–H groups in total. The monoisotopic (exact) mass is 388 g/mol. The third-order valence-electron chi connectivity index (χ3n) is 5.56. The highest BCUT2D eigenvalue weighted by Gasteiger charge is 2.17. The Morgan fingerprint density at radius 2 is 1.72 bits per heavy atom. The summed E-state index contributed by atoms with van der Waals surface area (Å²) >= 11 is 0. The van der Waals surface area contributed by atoms with Gasteiger partial charge in [-0.05, 0) is 60.7 Å². The van der Waals surface area contributed by atoms with E-state index >= 15 is 0 Å². The second-order valence-corrected chi connectivity index (χ2v) is 7.68. The fraction of sp³-hybridized carbons (Fsp3) is 0.346. The summed E-state index contributed by atoms with van der Waals surface area (Å²) in [6.07, 6.45) is 5.18. The molecule has 0 aliphatic heterocycles. The molecule has 0 atom stereocenters. The third-order valence-corrected chi connectivity index (χ3v) is 5.56. The van der Waals surface area contributed by atoms with E-state index in [4.69, 9.17) is 0 Å². The highest BCUT2D eigenvalue weighted by molar-refractivity contribution is 5.94. The van der Waals surface area contributed by atoms with Crippen LogP contribution in [-0.2, 0) is 19.5 Å². The van der Waals surface area contributed by atoms with Crippen LogP contribution in [0.5, 0.6) is 0 Å². The van der Waals surface area contributed by atoms with E-state index in [9.17, 15) is 4.79 Å². The number of carbonyl (C=O) groups excluding carboxylic acids is 1. The first kappa shape index (κ1) is 20.9. The number of amides is 1. The quantitative estimate of drug-likeness (QED) is 0.451. The number of aryl methyl sites for hydroxylation is 2. The molecule has 0 unspecified atom stereocenters. The maximum Gasteiger partial charge on any atom is 0.254 e. The molecule has 3 nitrogen and oxygen atoms in total. The lowest BCUT2D eigenvalue weighted by Gasteiger charge is -2.24. The first-order valence-corrected chi connectivity index (χ1v) is 10.7. The molecular formula is C26H32N2O. The Kier molecular flexibility index (Phi) is 7.29. The van der Waals surface area contributed by atoms with Crippen LogP contribution < -0.4 is 0 Å². The molecular weight excluding hydrogens is 356 g/mol. The number of benzene rings is 2. The van der Waals surface area contributed by atoms with Crippen LogP contribution in [0.25, 0.3) is 0 Å². The van der Waals surface area contributed by atoms with E-state index in [1.807, 2.05) is 17.0 Å². The van der Waals surface area contributed by atoms with Crippen molar-refractivity contribution in [1.82, 2.24) is 9.47 Å². The highest BCUT2D eigenvalue weighted by atomic mass is 16.2. The Morgan fingerprint density at radius 1 is 0.966 bits per heavy atom. The number of hydrogen-bond acceptors (Lipinski definition) is 1. The number of rotatable bonds is 9. The van der Waals surface area contributed by atoms with Gasteiger partial charge in [0.1, 0.15) is 0 Å². The van der Waals surface area contributed by atoms with Crippen molar-refractivity contribution >= 4 is 5.91 Å². The summed E-state index contributed by atoms with van der Waals surface area (Å²) in [6.45, 7) is 8.69.